The van der Waals surface area contributed by atoms with Gasteiger partial charge in [0.2, 0.25) is 0 Å². The number of ether oxygens (including phenoxy) is 4. The molecule has 5 nitrogen and oxygen atoms in total. The van der Waals surface area contributed by atoms with E-state index in [9.17, 15) is 0 Å². The summed E-state index contributed by atoms with van der Waals surface area (Å²) in [6.07, 6.45) is 0. The molecular formula is C33H28O5. The Balaban J connectivity index is 1.32. The molecule has 38 heavy (non-hydrogen) atoms. The van der Waals surface area contributed by atoms with Gasteiger partial charge in [-0.1, -0.05) is 72.5 Å². The first-order chi connectivity index (χ1) is 18.7. The average molecular weight is 505 g/mol. The monoisotopic (exact) mass is 504 g/mol. The fourth-order valence-electron chi connectivity index (χ4n) is 4.09. The molecule has 0 radical (unpaired) electrons. The zero-order chi connectivity index (χ0) is 26.2. The van der Waals surface area contributed by atoms with E-state index in [2.05, 4.69) is 11.8 Å². The topological polar surface area (TPSA) is 50.1 Å². The molecule has 0 N–H and O–H groups in total. The van der Waals surface area contributed by atoms with Gasteiger partial charge in [0.05, 0.1) is 20.8 Å². The van der Waals surface area contributed by atoms with Crippen LogP contribution >= 0.6 is 0 Å². The molecular weight excluding hydrogens is 476 g/mol. The molecule has 0 bridgehead atoms. The molecule has 0 atom stereocenters. The van der Waals surface area contributed by atoms with E-state index in [1.807, 2.05) is 97.1 Å². The number of hydrogen-bond donors (Lipinski definition) is 0. The van der Waals surface area contributed by atoms with Crippen LogP contribution in [0.1, 0.15) is 16.7 Å². The second-order valence-electron chi connectivity index (χ2n) is 8.63. The lowest BCUT2D eigenvalue weighted by atomic mass is 10.1. The Morgan fingerprint density at radius 1 is 0.684 bits per heavy atom. The molecule has 0 saturated heterocycles. The minimum Gasteiger partial charge on any atom is -0.493 e. The summed E-state index contributed by atoms with van der Waals surface area (Å²) >= 11 is 0. The molecule has 0 fully saturated rings. The van der Waals surface area contributed by atoms with E-state index in [0.29, 0.717) is 48.4 Å². The third-order valence-corrected chi connectivity index (χ3v) is 6.01. The highest BCUT2D eigenvalue weighted by Gasteiger charge is 2.14. The van der Waals surface area contributed by atoms with Gasteiger partial charge in [0.15, 0.2) is 22.8 Å². The van der Waals surface area contributed by atoms with Crippen molar-refractivity contribution >= 4 is 11.0 Å². The van der Waals surface area contributed by atoms with Crippen LogP contribution in [-0.4, -0.2) is 20.8 Å². The molecule has 0 aliphatic heterocycles. The van der Waals surface area contributed by atoms with Gasteiger partial charge in [0.1, 0.15) is 19.0 Å². The maximum Gasteiger partial charge on any atom is 0.176 e. The molecule has 1 heterocycles. The predicted molar refractivity (Wildman–Crippen MR) is 149 cm³/mol. The molecule has 5 aromatic rings. The molecule has 0 unspecified atom stereocenters. The van der Waals surface area contributed by atoms with Gasteiger partial charge in [-0.25, -0.2) is 0 Å². The maximum atomic E-state index is 6.20. The van der Waals surface area contributed by atoms with Crippen molar-refractivity contribution in [1.29, 1.82) is 0 Å². The molecule has 0 spiro atoms. The van der Waals surface area contributed by atoms with Gasteiger partial charge in [0, 0.05) is 16.5 Å². The van der Waals surface area contributed by atoms with E-state index in [1.165, 1.54) is 0 Å². The van der Waals surface area contributed by atoms with Gasteiger partial charge in [-0.2, -0.15) is 0 Å². The lowest BCUT2D eigenvalue weighted by Gasteiger charge is -2.11. The van der Waals surface area contributed by atoms with Gasteiger partial charge < -0.3 is 23.4 Å². The molecule has 0 amide bonds. The van der Waals surface area contributed by atoms with E-state index in [1.54, 1.807) is 14.2 Å². The largest absolute Gasteiger partial charge is 0.493 e. The fourth-order valence-corrected chi connectivity index (χ4v) is 4.09. The number of rotatable bonds is 9. The quantitative estimate of drug-likeness (QED) is 0.156. The van der Waals surface area contributed by atoms with Crippen molar-refractivity contribution in [3.63, 3.8) is 0 Å². The first-order valence-electron chi connectivity index (χ1n) is 12.3. The molecule has 5 heteroatoms. The standard InChI is InChI=1S/C33H28O5/c1-34-31-20-27(15-16-29(31)37-23-25-12-7-4-8-13-25)30-21-28-18-26(19-32(35-2)33(28)38-30)14-9-17-36-22-24-10-5-3-6-11-24/h3-8,10-13,15-16,18-21H,17,22-23H2,1-2H3. The molecule has 4 aromatic carbocycles. The molecule has 0 aliphatic rings. The fraction of sp³-hybridized carbons (Fsp3) is 0.152. The third-order valence-electron chi connectivity index (χ3n) is 6.01. The van der Waals surface area contributed by atoms with Gasteiger partial charge in [-0.05, 0) is 47.5 Å². The van der Waals surface area contributed by atoms with Crippen molar-refractivity contribution < 1.29 is 23.4 Å². The predicted octanol–water partition coefficient (Wildman–Crippen LogP) is 7.26. The minimum atomic E-state index is 0.338. The Morgan fingerprint density at radius 3 is 2.11 bits per heavy atom. The van der Waals surface area contributed by atoms with Crippen LogP contribution in [0.15, 0.2) is 101 Å². The van der Waals surface area contributed by atoms with Crippen LogP contribution in [0.4, 0.5) is 0 Å². The summed E-state index contributed by atoms with van der Waals surface area (Å²) in [5, 5.41) is 0.900. The highest BCUT2D eigenvalue weighted by molar-refractivity contribution is 5.89. The van der Waals surface area contributed by atoms with E-state index in [-0.39, 0.29) is 0 Å². The van der Waals surface area contributed by atoms with Crippen molar-refractivity contribution in [2.45, 2.75) is 13.2 Å². The number of furan rings is 1. The van der Waals surface area contributed by atoms with Crippen molar-refractivity contribution in [2.24, 2.45) is 0 Å². The first-order valence-corrected chi connectivity index (χ1v) is 12.3. The van der Waals surface area contributed by atoms with Crippen LogP contribution in [0.25, 0.3) is 22.3 Å². The molecule has 0 saturated carbocycles. The Morgan fingerprint density at radius 2 is 1.39 bits per heavy atom. The molecule has 0 aliphatic carbocycles. The van der Waals surface area contributed by atoms with Crippen LogP contribution in [0.3, 0.4) is 0 Å². The summed E-state index contributed by atoms with van der Waals surface area (Å²) in [5.74, 6) is 8.87. The highest BCUT2D eigenvalue weighted by Crippen LogP contribution is 2.38. The van der Waals surface area contributed by atoms with Gasteiger partial charge in [-0.15, -0.1) is 0 Å². The lowest BCUT2D eigenvalue weighted by Crippen LogP contribution is -1.97. The second kappa shape index (κ2) is 12.1. The SMILES string of the molecule is COc1cc(-c2cc3cc(C#CCOCc4ccccc4)cc(OC)c3o2)ccc1OCc1ccccc1. The number of benzene rings is 4. The Hall–Kier alpha value is -4.66. The van der Waals surface area contributed by atoms with Crippen molar-refractivity contribution in [2.75, 3.05) is 20.8 Å². The van der Waals surface area contributed by atoms with Crippen molar-refractivity contribution in [3.8, 4) is 40.4 Å². The van der Waals surface area contributed by atoms with Gasteiger partial charge in [-0.3, -0.25) is 0 Å². The van der Waals surface area contributed by atoms with Crippen molar-refractivity contribution in [3.05, 3.63) is 114 Å². The van der Waals surface area contributed by atoms with Crippen molar-refractivity contribution in [1.82, 2.24) is 0 Å². The van der Waals surface area contributed by atoms with Gasteiger partial charge >= 0.3 is 0 Å². The zero-order valence-electron chi connectivity index (χ0n) is 21.4. The van der Waals surface area contributed by atoms with Crippen LogP contribution in [-0.2, 0) is 18.0 Å². The lowest BCUT2D eigenvalue weighted by molar-refractivity contribution is 0.153. The normalized spacial score (nSPS) is 10.6. The van der Waals surface area contributed by atoms with E-state index in [0.717, 1.165) is 27.6 Å². The first kappa shape index (κ1) is 25.0. The van der Waals surface area contributed by atoms with Gasteiger partial charge in [0.25, 0.3) is 0 Å². The number of methoxy groups -OCH3 is 2. The number of hydrogen-bond acceptors (Lipinski definition) is 5. The van der Waals surface area contributed by atoms with Crippen LogP contribution < -0.4 is 14.2 Å². The number of fused-ring (bicyclic) bond motifs is 1. The highest BCUT2D eigenvalue weighted by atomic mass is 16.5. The summed E-state index contributed by atoms with van der Waals surface area (Å²) in [6.45, 7) is 1.33. The Bertz CT molecular complexity index is 1560. The molecule has 190 valence electrons. The van der Waals surface area contributed by atoms with E-state index >= 15 is 0 Å². The maximum absolute atomic E-state index is 6.20. The second-order valence-corrected chi connectivity index (χ2v) is 8.63. The van der Waals surface area contributed by atoms with Crippen LogP contribution in [0.2, 0.25) is 0 Å². The summed E-state index contributed by atoms with van der Waals surface area (Å²) in [4.78, 5) is 0. The molecule has 1 aromatic heterocycles. The van der Waals surface area contributed by atoms with E-state index in [4.69, 9.17) is 23.4 Å². The zero-order valence-corrected chi connectivity index (χ0v) is 21.4. The Labute approximate surface area is 222 Å². The minimum absolute atomic E-state index is 0.338. The smallest absolute Gasteiger partial charge is 0.176 e. The average Bonchev–Trinajstić information content (AvgIpc) is 3.41. The summed E-state index contributed by atoms with van der Waals surface area (Å²) in [5.41, 5.74) is 4.57. The van der Waals surface area contributed by atoms with Crippen LogP contribution in [0.5, 0.6) is 17.2 Å². The summed E-state index contributed by atoms with van der Waals surface area (Å²) < 4.78 is 29.1. The molecule has 5 rings (SSSR count). The Kier molecular flexibility index (Phi) is 7.93. The summed E-state index contributed by atoms with van der Waals surface area (Å²) in [7, 11) is 3.25. The van der Waals surface area contributed by atoms with Crippen LogP contribution in [0, 0.1) is 11.8 Å². The van der Waals surface area contributed by atoms with E-state index < -0.39 is 0 Å². The third kappa shape index (κ3) is 6.00. The summed E-state index contributed by atoms with van der Waals surface area (Å²) in [6, 6.07) is 31.7.